The number of hydrogen-bond donors (Lipinski definition) is 1. The zero-order valence-corrected chi connectivity index (χ0v) is 11.4. The summed E-state index contributed by atoms with van der Waals surface area (Å²) in [6, 6.07) is 3.35. The standard InChI is InChI=1S/C11H13NO7S/c1-2-20(17,18)6-5-8-7-9(12(15)16)3-4-10(8)19-11(13)14/h3-4,7H,2,5-6H2,1H3,(H,13,14). The Morgan fingerprint density at radius 3 is 2.60 bits per heavy atom. The lowest BCUT2D eigenvalue weighted by Gasteiger charge is -2.08. The Balaban J connectivity index is 3.08. The van der Waals surface area contributed by atoms with Gasteiger partial charge in [-0.3, -0.25) is 10.1 Å². The van der Waals surface area contributed by atoms with Gasteiger partial charge in [0.2, 0.25) is 0 Å². The molecule has 0 bridgehead atoms. The van der Waals surface area contributed by atoms with Crippen molar-refractivity contribution in [1.29, 1.82) is 0 Å². The normalized spacial score (nSPS) is 11.1. The number of rotatable bonds is 6. The molecule has 0 saturated heterocycles. The number of hydrogen-bond acceptors (Lipinski definition) is 6. The minimum absolute atomic E-state index is 0.0551. The van der Waals surface area contributed by atoms with Gasteiger partial charge in [-0.2, -0.15) is 0 Å². The molecule has 0 unspecified atom stereocenters. The van der Waals surface area contributed by atoms with Crippen LogP contribution in [0.15, 0.2) is 18.2 Å². The molecule has 1 aromatic carbocycles. The second-order valence-electron chi connectivity index (χ2n) is 3.90. The summed E-state index contributed by atoms with van der Waals surface area (Å²) in [7, 11) is -3.27. The van der Waals surface area contributed by atoms with E-state index in [1.165, 1.54) is 6.92 Å². The van der Waals surface area contributed by atoms with Crippen molar-refractivity contribution in [3.8, 4) is 5.75 Å². The van der Waals surface area contributed by atoms with Crippen molar-refractivity contribution in [3.05, 3.63) is 33.9 Å². The van der Waals surface area contributed by atoms with E-state index in [0.717, 1.165) is 18.2 Å². The van der Waals surface area contributed by atoms with Crippen LogP contribution in [0.4, 0.5) is 10.5 Å². The minimum Gasteiger partial charge on any atom is -0.449 e. The molecule has 1 N–H and O–H groups in total. The van der Waals surface area contributed by atoms with Crippen LogP contribution in [0.1, 0.15) is 12.5 Å². The monoisotopic (exact) mass is 303 g/mol. The quantitative estimate of drug-likeness (QED) is 0.366. The van der Waals surface area contributed by atoms with Gasteiger partial charge in [-0.15, -0.1) is 0 Å². The number of ether oxygens (including phenoxy) is 1. The summed E-state index contributed by atoms with van der Waals surface area (Å²) in [5.41, 5.74) is -0.0924. The van der Waals surface area contributed by atoms with E-state index in [0.29, 0.717) is 0 Å². The maximum absolute atomic E-state index is 11.4. The summed E-state index contributed by atoms with van der Waals surface area (Å²) in [4.78, 5) is 20.5. The van der Waals surface area contributed by atoms with Crippen molar-refractivity contribution in [2.75, 3.05) is 11.5 Å². The first-order valence-electron chi connectivity index (χ1n) is 5.63. The Kier molecular flexibility index (Phi) is 5.03. The molecule has 0 spiro atoms. The fraction of sp³-hybridized carbons (Fsp3) is 0.364. The predicted octanol–water partition coefficient (Wildman–Crippen LogP) is 1.63. The van der Waals surface area contributed by atoms with Crippen LogP contribution in [-0.4, -0.2) is 36.1 Å². The van der Waals surface area contributed by atoms with Crippen molar-refractivity contribution in [1.82, 2.24) is 0 Å². The van der Waals surface area contributed by atoms with Gasteiger partial charge in [-0.05, 0) is 12.5 Å². The summed E-state index contributed by atoms with van der Waals surface area (Å²) in [5.74, 6) is -0.396. The van der Waals surface area contributed by atoms with E-state index in [4.69, 9.17) is 5.11 Å². The maximum Gasteiger partial charge on any atom is 0.511 e. The van der Waals surface area contributed by atoms with Crippen LogP contribution in [-0.2, 0) is 16.3 Å². The van der Waals surface area contributed by atoms with E-state index in [1.807, 2.05) is 0 Å². The molecule has 0 heterocycles. The van der Waals surface area contributed by atoms with E-state index in [-0.39, 0.29) is 34.9 Å². The highest BCUT2D eigenvalue weighted by Gasteiger charge is 2.16. The van der Waals surface area contributed by atoms with Crippen molar-refractivity contribution in [2.45, 2.75) is 13.3 Å². The molecule has 1 rings (SSSR count). The van der Waals surface area contributed by atoms with Gasteiger partial charge in [-0.1, -0.05) is 6.92 Å². The summed E-state index contributed by atoms with van der Waals surface area (Å²) in [5, 5.41) is 19.2. The molecule has 0 radical (unpaired) electrons. The van der Waals surface area contributed by atoms with E-state index >= 15 is 0 Å². The number of nitro benzene ring substituents is 1. The van der Waals surface area contributed by atoms with Crippen LogP contribution in [0, 0.1) is 10.1 Å². The van der Waals surface area contributed by atoms with Crippen molar-refractivity contribution in [3.63, 3.8) is 0 Å². The number of nitrogens with zero attached hydrogens (tertiary/aromatic N) is 1. The third-order valence-corrected chi connectivity index (χ3v) is 4.28. The highest BCUT2D eigenvalue weighted by Crippen LogP contribution is 2.25. The van der Waals surface area contributed by atoms with E-state index in [2.05, 4.69) is 4.74 Å². The molecule has 0 saturated carbocycles. The molecule has 0 fully saturated rings. The number of aryl methyl sites for hydroxylation is 1. The van der Waals surface area contributed by atoms with E-state index < -0.39 is 20.9 Å². The number of sulfone groups is 1. The van der Waals surface area contributed by atoms with Gasteiger partial charge in [0.15, 0.2) is 0 Å². The second kappa shape index (κ2) is 6.33. The van der Waals surface area contributed by atoms with Gasteiger partial charge in [0.25, 0.3) is 5.69 Å². The molecule has 0 atom stereocenters. The molecule has 0 aliphatic rings. The summed E-state index contributed by atoms with van der Waals surface area (Å²) in [6.07, 6.45) is -1.63. The second-order valence-corrected chi connectivity index (χ2v) is 6.38. The van der Waals surface area contributed by atoms with Crippen LogP contribution < -0.4 is 4.74 Å². The first kappa shape index (κ1) is 15.9. The van der Waals surface area contributed by atoms with Gasteiger partial charge < -0.3 is 9.84 Å². The molecular weight excluding hydrogens is 290 g/mol. The average Bonchev–Trinajstić information content (AvgIpc) is 2.36. The number of carbonyl (C=O) groups is 1. The molecule has 0 aliphatic heterocycles. The zero-order chi connectivity index (χ0) is 15.3. The lowest BCUT2D eigenvalue weighted by molar-refractivity contribution is -0.384. The molecule has 110 valence electrons. The van der Waals surface area contributed by atoms with Crippen LogP contribution >= 0.6 is 0 Å². The van der Waals surface area contributed by atoms with Crippen molar-refractivity contribution >= 4 is 21.7 Å². The summed E-state index contributed by atoms with van der Waals surface area (Å²) >= 11 is 0. The first-order valence-corrected chi connectivity index (χ1v) is 7.46. The zero-order valence-electron chi connectivity index (χ0n) is 10.6. The van der Waals surface area contributed by atoms with Crippen LogP contribution in [0.5, 0.6) is 5.75 Å². The molecule has 8 nitrogen and oxygen atoms in total. The topological polar surface area (TPSA) is 124 Å². The van der Waals surface area contributed by atoms with Gasteiger partial charge in [0.05, 0.1) is 10.7 Å². The van der Waals surface area contributed by atoms with Gasteiger partial charge >= 0.3 is 6.16 Å². The molecular formula is C11H13NO7S. The van der Waals surface area contributed by atoms with Gasteiger partial charge in [-0.25, -0.2) is 13.2 Å². The van der Waals surface area contributed by atoms with Crippen LogP contribution in [0.3, 0.4) is 0 Å². The van der Waals surface area contributed by atoms with Gasteiger partial charge in [0, 0.05) is 23.4 Å². The Labute approximate surface area is 115 Å². The lowest BCUT2D eigenvalue weighted by Crippen LogP contribution is -2.12. The fourth-order valence-corrected chi connectivity index (χ4v) is 2.30. The molecule has 1 aromatic rings. The number of benzene rings is 1. The van der Waals surface area contributed by atoms with Crippen LogP contribution in [0.2, 0.25) is 0 Å². The van der Waals surface area contributed by atoms with Crippen molar-refractivity contribution in [2.24, 2.45) is 0 Å². The SMILES string of the molecule is CCS(=O)(=O)CCc1cc([N+](=O)[O-])ccc1OC(=O)O. The lowest BCUT2D eigenvalue weighted by atomic mass is 10.1. The van der Waals surface area contributed by atoms with E-state index in [1.54, 1.807) is 0 Å². The summed E-state index contributed by atoms with van der Waals surface area (Å²) < 4.78 is 27.3. The maximum atomic E-state index is 11.4. The first-order chi connectivity index (χ1) is 9.25. The Morgan fingerprint density at radius 2 is 2.10 bits per heavy atom. The number of carboxylic acid groups (broad SMARTS) is 1. The highest BCUT2D eigenvalue weighted by molar-refractivity contribution is 7.91. The minimum atomic E-state index is -3.27. The average molecular weight is 303 g/mol. The third kappa shape index (κ3) is 4.50. The third-order valence-electron chi connectivity index (χ3n) is 2.57. The Hall–Kier alpha value is -2.16. The molecule has 9 heteroatoms. The molecule has 0 aliphatic carbocycles. The van der Waals surface area contributed by atoms with Crippen molar-refractivity contribution < 1.29 is 28.0 Å². The highest BCUT2D eigenvalue weighted by atomic mass is 32.2. The predicted molar refractivity (Wildman–Crippen MR) is 69.8 cm³/mol. The van der Waals surface area contributed by atoms with E-state index in [9.17, 15) is 23.3 Å². The largest absolute Gasteiger partial charge is 0.511 e. The van der Waals surface area contributed by atoms with Gasteiger partial charge in [0.1, 0.15) is 15.6 Å². The summed E-state index contributed by atoms with van der Waals surface area (Å²) in [6.45, 7) is 1.48. The number of nitro groups is 1. The molecule has 0 aromatic heterocycles. The van der Waals surface area contributed by atoms with Crippen LogP contribution in [0.25, 0.3) is 0 Å². The fourth-order valence-electron chi connectivity index (χ4n) is 1.48. The smallest absolute Gasteiger partial charge is 0.449 e. The number of non-ortho nitro benzene ring substituents is 1. The Bertz CT molecular complexity index is 624. The molecule has 0 amide bonds. The Morgan fingerprint density at radius 1 is 1.45 bits per heavy atom. The molecule has 20 heavy (non-hydrogen) atoms.